The molecule has 0 radical (unpaired) electrons. The van der Waals surface area contributed by atoms with Crippen molar-refractivity contribution in [3.05, 3.63) is 15.9 Å². The van der Waals surface area contributed by atoms with Crippen LogP contribution in [0.3, 0.4) is 0 Å². The molecule has 1 aliphatic carbocycles. The molecular weight excluding hydrogens is 304 g/mol. The van der Waals surface area contributed by atoms with Crippen LogP contribution in [0.5, 0.6) is 0 Å². The van der Waals surface area contributed by atoms with E-state index < -0.39 is 5.60 Å². The van der Waals surface area contributed by atoms with Crippen molar-refractivity contribution in [3.63, 3.8) is 0 Å². The Labute approximate surface area is 124 Å². The number of aryl methyl sites for hydroxylation is 2. The van der Waals surface area contributed by atoms with Crippen LogP contribution in [0.4, 0.5) is 0 Å². The van der Waals surface area contributed by atoms with E-state index in [1.807, 2.05) is 11.6 Å². The van der Waals surface area contributed by atoms with Crippen LogP contribution in [0.25, 0.3) is 0 Å². The molecule has 0 bridgehead atoms. The molecule has 1 aromatic heterocycles. The van der Waals surface area contributed by atoms with Gasteiger partial charge < -0.3 is 5.11 Å². The highest BCUT2D eigenvalue weighted by Crippen LogP contribution is 2.39. The molecule has 1 fully saturated rings. The van der Waals surface area contributed by atoms with Crippen LogP contribution in [0, 0.1) is 18.8 Å². The molecule has 3 atom stereocenters. The lowest BCUT2D eigenvalue weighted by Gasteiger charge is -2.39. The van der Waals surface area contributed by atoms with Gasteiger partial charge in [0.25, 0.3) is 0 Å². The van der Waals surface area contributed by atoms with Gasteiger partial charge in [0.1, 0.15) is 0 Å². The van der Waals surface area contributed by atoms with Gasteiger partial charge in [-0.3, -0.25) is 4.68 Å². The van der Waals surface area contributed by atoms with Gasteiger partial charge in [0, 0.05) is 13.0 Å². The van der Waals surface area contributed by atoms with Gasteiger partial charge in [-0.25, -0.2) is 0 Å². The zero-order valence-corrected chi connectivity index (χ0v) is 14.0. The Balaban J connectivity index is 2.21. The van der Waals surface area contributed by atoms with E-state index >= 15 is 0 Å². The Morgan fingerprint density at radius 2 is 2.11 bits per heavy atom. The maximum atomic E-state index is 10.9. The molecule has 0 amide bonds. The van der Waals surface area contributed by atoms with Crippen molar-refractivity contribution in [2.24, 2.45) is 11.8 Å². The molecule has 0 saturated heterocycles. The fraction of sp³-hybridized carbons (Fsp3) is 0.800. The lowest BCUT2D eigenvalue weighted by atomic mass is 9.71. The van der Waals surface area contributed by atoms with Crippen LogP contribution >= 0.6 is 15.9 Å². The van der Waals surface area contributed by atoms with Crippen molar-refractivity contribution >= 4 is 15.9 Å². The molecule has 0 aromatic carbocycles. The zero-order valence-electron chi connectivity index (χ0n) is 12.4. The molecule has 2 rings (SSSR count). The normalized spacial score (nSPS) is 31.7. The summed E-state index contributed by atoms with van der Waals surface area (Å²) in [5.41, 5.74) is 1.59. The number of hydrogen-bond donors (Lipinski definition) is 1. The number of hydrogen-bond acceptors (Lipinski definition) is 2. The Hall–Kier alpha value is -0.350. The summed E-state index contributed by atoms with van der Waals surface area (Å²) in [6.45, 7) is 9.50. The van der Waals surface area contributed by atoms with Crippen molar-refractivity contribution in [3.8, 4) is 0 Å². The SMILES string of the molecule is CCn1nc(C)c(Br)c1CC1(O)CCC(C)C(C)C1. The third kappa shape index (κ3) is 3.05. The first-order chi connectivity index (χ1) is 8.86. The minimum Gasteiger partial charge on any atom is -0.389 e. The van der Waals surface area contributed by atoms with E-state index in [1.165, 1.54) is 0 Å². The van der Waals surface area contributed by atoms with Crippen LogP contribution < -0.4 is 0 Å². The lowest BCUT2D eigenvalue weighted by molar-refractivity contribution is -0.0294. The molecule has 4 heteroatoms. The topological polar surface area (TPSA) is 38.0 Å². The van der Waals surface area contributed by atoms with Gasteiger partial charge in [0.2, 0.25) is 0 Å². The fourth-order valence-corrected chi connectivity index (χ4v) is 3.62. The van der Waals surface area contributed by atoms with E-state index in [4.69, 9.17) is 0 Å². The minimum atomic E-state index is -0.562. The van der Waals surface area contributed by atoms with Crippen molar-refractivity contribution in [1.29, 1.82) is 0 Å². The molecule has 1 aromatic rings. The highest BCUT2D eigenvalue weighted by Gasteiger charge is 2.37. The number of aliphatic hydroxyl groups is 1. The van der Waals surface area contributed by atoms with Gasteiger partial charge in [0.05, 0.1) is 21.5 Å². The predicted octanol–water partition coefficient (Wildman–Crippen LogP) is 3.70. The van der Waals surface area contributed by atoms with Gasteiger partial charge in [-0.15, -0.1) is 0 Å². The third-order valence-electron chi connectivity index (χ3n) is 4.69. The second-order valence-electron chi connectivity index (χ2n) is 6.26. The number of halogens is 1. The molecule has 3 unspecified atom stereocenters. The second-order valence-corrected chi connectivity index (χ2v) is 7.05. The summed E-state index contributed by atoms with van der Waals surface area (Å²) >= 11 is 3.63. The predicted molar refractivity (Wildman–Crippen MR) is 81.2 cm³/mol. The molecule has 19 heavy (non-hydrogen) atoms. The molecule has 0 spiro atoms. The Morgan fingerprint density at radius 3 is 2.68 bits per heavy atom. The summed E-state index contributed by atoms with van der Waals surface area (Å²) in [4.78, 5) is 0. The van der Waals surface area contributed by atoms with Gasteiger partial charge in [-0.1, -0.05) is 13.8 Å². The maximum absolute atomic E-state index is 10.9. The number of aromatic nitrogens is 2. The lowest BCUT2D eigenvalue weighted by Crippen LogP contribution is -2.40. The van der Waals surface area contributed by atoms with E-state index in [-0.39, 0.29) is 0 Å². The molecule has 1 saturated carbocycles. The van der Waals surface area contributed by atoms with Crippen LogP contribution in [0.2, 0.25) is 0 Å². The van der Waals surface area contributed by atoms with E-state index in [1.54, 1.807) is 0 Å². The molecular formula is C15H25BrN2O. The fourth-order valence-electron chi connectivity index (χ4n) is 3.19. The molecule has 3 nitrogen and oxygen atoms in total. The zero-order chi connectivity index (χ0) is 14.2. The monoisotopic (exact) mass is 328 g/mol. The smallest absolute Gasteiger partial charge is 0.0738 e. The standard InChI is InChI=1S/C15H25BrN2O/c1-5-18-13(14(16)12(4)17-18)9-15(19)7-6-10(2)11(3)8-15/h10-11,19H,5-9H2,1-4H3. The van der Waals surface area contributed by atoms with Crippen LogP contribution in [0.15, 0.2) is 4.47 Å². The van der Waals surface area contributed by atoms with Gasteiger partial charge >= 0.3 is 0 Å². The Kier molecular flexibility index (Phi) is 4.41. The van der Waals surface area contributed by atoms with E-state index in [9.17, 15) is 5.11 Å². The van der Waals surface area contributed by atoms with Gasteiger partial charge in [-0.2, -0.15) is 5.10 Å². The van der Waals surface area contributed by atoms with Crippen molar-refractivity contribution in [2.75, 3.05) is 0 Å². The highest BCUT2D eigenvalue weighted by atomic mass is 79.9. The maximum Gasteiger partial charge on any atom is 0.0738 e. The quantitative estimate of drug-likeness (QED) is 0.918. The highest BCUT2D eigenvalue weighted by molar-refractivity contribution is 9.10. The minimum absolute atomic E-state index is 0.562. The van der Waals surface area contributed by atoms with Crippen molar-refractivity contribution in [1.82, 2.24) is 9.78 Å². The summed E-state index contributed by atoms with van der Waals surface area (Å²) in [5, 5.41) is 15.4. The first kappa shape index (κ1) is 15.0. The van der Waals surface area contributed by atoms with E-state index in [0.717, 1.165) is 47.6 Å². The Morgan fingerprint density at radius 1 is 1.42 bits per heavy atom. The average Bonchev–Trinajstić information content (AvgIpc) is 2.62. The first-order valence-corrected chi connectivity index (χ1v) is 8.09. The van der Waals surface area contributed by atoms with Crippen LogP contribution in [-0.4, -0.2) is 20.5 Å². The molecule has 108 valence electrons. The van der Waals surface area contributed by atoms with Crippen molar-refractivity contribution < 1.29 is 5.11 Å². The van der Waals surface area contributed by atoms with Gasteiger partial charge in [0.15, 0.2) is 0 Å². The molecule has 1 heterocycles. The third-order valence-corrected chi connectivity index (χ3v) is 5.72. The largest absolute Gasteiger partial charge is 0.389 e. The van der Waals surface area contributed by atoms with Gasteiger partial charge in [-0.05, 0) is 60.9 Å². The summed E-state index contributed by atoms with van der Waals surface area (Å²) < 4.78 is 3.08. The summed E-state index contributed by atoms with van der Waals surface area (Å²) in [6.07, 6.45) is 3.63. The van der Waals surface area contributed by atoms with E-state index in [0.29, 0.717) is 12.3 Å². The molecule has 1 N–H and O–H groups in total. The summed E-state index contributed by atoms with van der Waals surface area (Å²) in [6, 6.07) is 0. The van der Waals surface area contributed by atoms with Crippen LogP contribution in [-0.2, 0) is 13.0 Å². The Bertz CT molecular complexity index is 457. The molecule has 1 aliphatic rings. The average molecular weight is 329 g/mol. The second kappa shape index (κ2) is 5.57. The van der Waals surface area contributed by atoms with Crippen LogP contribution in [0.1, 0.15) is 51.4 Å². The summed E-state index contributed by atoms with van der Waals surface area (Å²) in [7, 11) is 0. The number of rotatable bonds is 3. The van der Waals surface area contributed by atoms with E-state index in [2.05, 4.69) is 41.8 Å². The van der Waals surface area contributed by atoms with Crippen molar-refractivity contribution in [2.45, 2.75) is 65.5 Å². The first-order valence-electron chi connectivity index (χ1n) is 7.30. The molecule has 0 aliphatic heterocycles. The summed E-state index contributed by atoms with van der Waals surface area (Å²) in [5.74, 6) is 1.32. The number of nitrogens with zero attached hydrogens (tertiary/aromatic N) is 2.